The highest BCUT2D eigenvalue weighted by Gasteiger charge is 1.96. The SMILES string of the molecule is CCCNc1cccc(NCCCCCCSC)n1. The van der Waals surface area contributed by atoms with E-state index < -0.39 is 0 Å². The first-order valence-corrected chi connectivity index (χ1v) is 8.70. The molecular formula is C15H27N3S. The normalized spacial score (nSPS) is 10.4. The lowest BCUT2D eigenvalue weighted by atomic mass is 10.2. The van der Waals surface area contributed by atoms with Crippen LogP contribution in [0.3, 0.4) is 0 Å². The summed E-state index contributed by atoms with van der Waals surface area (Å²) in [5.74, 6) is 3.23. The molecule has 4 heteroatoms. The van der Waals surface area contributed by atoms with E-state index in [0.29, 0.717) is 0 Å². The van der Waals surface area contributed by atoms with E-state index in [9.17, 15) is 0 Å². The van der Waals surface area contributed by atoms with Gasteiger partial charge in [-0.3, -0.25) is 0 Å². The van der Waals surface area contributed by atoms with E-state index >= 15 is 0 Å². The van der Waals surface area contributed by atoms with Crippen LogP contribution < -0.4 is 10.6 Å². The third kappa shape index (κ3) is 7.98. The lowest BCUT2D eigenvalue weighted by Crippen LogP contribution is -2.06. The number of aromatic nitrogens is 1. The fourth-order valence-electron chi connectivity index (χ4n) is 1.83. The maximum absolute atomic E-state index is 4.53. The summed E-state index contributed by atoms with van der Waals surface area (Å²) in [6.45, 7) is 4.15. The Labute approximate surface area is 122 Å². The molecule has 108 valence electrons. The molecule has 0 aliphatic heterocycles. The van der Waals surface area contributed by atoms with E-state index in [-0.39, 0.29) is 0 Å². The molecule has 1 aromatic rings. The van der Waals surface area contributed by atoms with Crippen molar-refractivity contribution in [2.75, 3.05) is 35.7 Å². The molecule has 0 amide bonds. The zero-order valence-electron chi connectivity index (χ0n) is 12.2. The molecule has 0 fully saturated rings. The molecule has 2 N–H and O–H groups in total. The Hall–Kier alpha value is -0.900. The summed E-state index contributed by atoms with van der Waals surface area (Å²) in [6.07, 6.45) is 8.51. The van der Waals surface area contributed by atoms with Gasteiger partial charge in [0.1, 0.15) is 11.6 Å². The minimum Gasteiger partial charge on any atom is -0.370 e. The van der Waals surface area contributed by atoms with Crippen molar-refractivity contribution in [2.45, 2.75) is 39.0 Å². The molecule has 0 aliphatic rings. The standard InChI is InChI=1S/C15H27N3S/c1-3-11-16-14-9-8-10-15(18-14)17-12-6-4-5-7-13-19-2/h8-10H,3-7,11-13H2,1-2H3,(H2,16,17,18). The van der Waals surface area contributed by atoms with Crippen molar-refractivity contribution < 1.29 is 0 Å². The fourth-order valence-corrected chi connectivity index (χ4v) is 2.32. The summed E-state index contributed by atoms with van der Waals surface area (Å²) in [6, 6.07) is 6.10. The molecular weight excluding hydrogens is 254 g/mol. The minimum atomic E-state index is 0.965. The van der Waals surface area contributed by atoms with Crippen molar-refractivity contribution in [2.24, 2.45) is 0 Å². The van der Waals surface area contributed by atoms with Crippen LogP contribution in [0.2, 0.25) is 0 Å². The number of rotatable bonds is 11. The predicted molar refractivity (Wildman–Crippen MR) is 88.4 cm³/mol. The fraction of sp³-hybridized carbons (Fsp3) is 0.667. The van der Waals surface area contributed by atoms with Crippen LogP contribution in [0.25, 0.3) is 0 Å². The molecule has 0 radical (unpaired) electrons. The minimum absolute atomic E-state index is 0.965. The maximum Gasteiger partial charge on any atom is 0.128 e. The topological polar surface area (TPSA) is 37.0 Å². The van der Waals surface area contributed by atoms with Gasteiger partial charge in [0.05, 0.1) is 0 Å². The molecule has 1 heterocycles. The summed E-state index contributed by atoms with van der Waals surface area (Å²) >= 11 is 1.94. The van der Waals surface area contributed by atoms with Crippen molar-refractivity contribution in [1.29, 1.82) is 0 Å². The number of nitrogens with one attached hydrogen (secondary N) is 2. The van der Waals surface area contributed by atoms with Crippen LogP contribution in [0.1, 0.15) is 39.0 Å². The summed E-state index contributed by atoms with van der Waals surface area (Å²) in [4.78, 5) is 4.53. The van der Waals surface area contributed by atoms with Gasteiger partial charge in [0.15, 0.2) is 0 Å². The second-order valence-corrected chi connectivity index (χ2v) is 5.65. The number of unbranched alkanes of at least 4 members (excludes halogenated alkanes) is 3. The Kier molecular flexibility index (Phi) is 9.33. The molecule has 0 saturated heterocycles. The van der Waals surface area contributed by atoms with Gasteiger partial charge in [-0.15, -0.1) is 0 Å². The predicted octanol–water partition coefficient (Wildman–Crippen LogP) is 4.24. The highest BCUT2D eigenvalue weighted by molar-refractivity contribution is 7.98. The largest absolute Gasteiger partial charge is 0.370 e. The van der Waals surface area contributed by atoms with Crippen molar-refractivity contribution in [3.8, 4) is 0 Å². The molecule has 0 atom stereocenters. The summed E-state index contributed by atoms with van der Waals surface area (Å²) in [5.41, 5.74) is 0. The van der Waals surface area contributed by atoms with Crippen LogP contribution in [0.5, 0.6) is 0 Å². The molecule has 0 unspecified atom stereocenters. The molecule has 0 aliphatic carbocycles. The first-order chi connectivity index (χ1) is 9.36. The van der Waals surface area contributed by atoms with Gasteiger partial charge < -0.3 is 10.6 Å². The van der Waals surface area contributed by atoms with E-state index in [1.165, 1.54) is 31.4 Å². The summed E-state index contributed by atoms with van der Waals surface area (Å²) in [7, 11) is 0. The highest BCUT2D eigenvalue weighted by Crippen LogP contribution is 2.10. The lowest BCUT2D eigenvalue weighted by molar-refractivity contribution is 0.688. The van der Waals surface area contributed by atoms with Crippen LogP contribution in [-0.4, -0.2) is 30.1 Å². The Morgan fingerprint density at radius 1 is 1.00 bits per heavy atom. The van der Waals surface area contributed by atoms with Crippen LogP contribution in [-0.2, 0) is 0 Å². The van der Waals surface area contributed by atoms with Crippen molar-refractivity contribution in [3.05, 3.63) is 18.2 Å². The van der Waals surface area contributed by atoms with Gasteiger partial charge in [0, 0.05) is 13.1 Å². The number of nitrogens with zero attached hydrogens (tertiary/aromatic N) is 1. The van der Waals surface area contributed by atoms with Gasteiger partial charge in [-0.05, 0) is 43.4 Å². The maximum atomic E-state index is 4.53. The summed E-state index contributed by atoms with van der Waals surface area (Å²) < 4.78 is 0. The average Bonchev–Trinajstić information content (AvgIpc) is 2.44. The molecule has 0 bridgehead atoms. The quantitative estimate of drug-likeness (QED) is 0.595. The third-order valence-corrected chi connectivity index (χ3v) is 3.58. The Balaban J connectivity index is 2.14. The Morgan fingerprint density at radius 3 is 2.37 bits per heavy atom. The zero-order chi connectivity index (χ0) is 13.8. The molecule has 3 nitrogen and oxygen atoms in total. The number of anilines is 2. The first-order valence-electron chi connectivity index (χ1n) is 7.30. The van der Waals surface area contributed by atoms with E-state index in [4.69, 9.17) is 0 Å². The Morgan fingerprint density at radius 2 is 1.68 bits per heavy atom. The second-order valence-electron chi connectivity index (χ2n) is 4.67. The number of hydrogen-bond donors (Lipinski definition) is 2. The van der Waals surface area contributed by atoms with Crippen LogP contribution in [0, 0.1) is 0 Å². The van der Waals surface area contributed by atoms with Crippen LogP contribution >= 0.6 is 11.8 Å². The van der Waals surface area contributed by atoms with Gasteiger partial charge in [0.25, 0.3) is 0 Å². The van der Waals surface area contributed by atoms with Crippen LogP contribution in [0.15, 0.2) is 18.2 Å². The molecule has 0 aromatic carbocycles. The van der Waals surface area contributed by atoms with Crippen molar-refractivity contribution in [1.82, 2.24) is 4.98 Å². The Bertz CT molecular complexity index is 331. The van der Waals surface area contributed by atoms with Gasteiger partial charge >= 0.3 is 0 Å². The van der Waals surface area contributed by atoms with Gasteiger partial charge in [-0.1, -0.05) is 25.8 Å². The first kappa shape index (κ1) is 16.2. The van der Waals surface area contributed by atoms with Gasteiger partial charge in [-0.2, -0.15) is 11.8 Å². The smallest absolute Gasteiger partial charge is 0.128 e. The second kappa shape index (κ2) is 11.0. The molecule has 0 spiro atoms. The van der Waals surface area contributed by atoms with E-state index in [1.54, 1.807) is 0 Å². The van der Waals surface area contributed by atoms with E-state index in [0.717, 1.165) is 31.1 Å². The number of hydrogen-bond acceptors (Lipinski definition) is 4. The van der Waals surface area contributed by atoms with E-state index in [2.05, 4.69) is 28.8 Å². The zero-order valence-corrected chi connectivity index (χ0v) is 13.1. The van der Waals surface area contributed by atoms with E-state index in [1.807, 2.05) is 30.0 Å². The average molecular weight is 281 g/mol. The van der Waals surface area contributed by atoms with Gasteiger partial charge in [0.2, 0.25) is 0 Å². The highest BCUT2D eigenvalue weighted by atomic mass is 32.2. The summed E-state index contributed by atoms with van der Waals surface area (Å²) in [5, 5.41) is 6.70. The molecule has 19 heavy (non-hydrogen) atoms. The van der Waals surface area contributed by atoms with Gasteiger partial charge in [-0.25, -0.2) is 4.98 Å². The molecule has 1 aromatic heterocycles. The number of pyridine rings is 1. The number of thioether (sulfide) groups is 1. The molecule has 1 rings (SSSR count). The lowest BCUT2D eigenvalue weighted by Gasteiger charge is -2.08. The monoisotopic (exact) mass is 281 g/mol. The van der Waals surface area contributed by atoms with Crippen molar-refractivity contribution in [3.63, 3.8) is 0 Å². The van der Waals surface area contributed by atoms with Crippen molar-refractivity contribution >= 4 is 23.4 Å². The van der Waals surface area contributed by atoms with Crippen LogP contribution in [0.4, 0.5) is 11.6 Å². The molecule has 0 saturated carbocycles. The third-order valence-electron chi connectivity index (χ3n) is 2.89.